The highest BCUT2D eigenvalue weighted by Gasteiger charge is 2.36. The zero-order valence-electron chi connectivity index (χ0n) is 9.41. The molecule has 2 fully saturated rings. The molecular weight excluding hydrogens is 170 g/mol. The van der Waals surface area contributed by atoms with Crippen molar-refractivity contribution in [2.45, 2.75) is 57.5 Å². The van der Waals surface area contributed by atoms with Gasteiger partial charge in [0.05, 0.1) is 0 Å². The minimum atomic E-state index is 0.683. The van der Waals surface area contributed by atoms with Crippen LogP contribution in [0.1, 0.15) is 45.4 Å². The first-order valence-corrected chi connectivity index (χ1v) is 6.25. The Morgan fingerprint density at radius 3 is 2.86 bits per heavy atom. The van der Waals surface area contributed by atoms with Gasteiger partial charge in [-0.05, 0) is 38.1 Å². The summed E-state index contributed by atoms with van der Waals surface area (Å²) in [6.07, 6.45) is 10.6. The molecule has 0 saturated carbocycles. The van der Waals surface area contributed by atoms with Crippen LogP contribution < -0.4 is 0 Å². The summed E-state index contributed by atoms with van der Waals surface area (Å²) in [7, 11) is 0. The van der Waals surface area contributed by atoms with Crippen LogP contribution in [-0.4, -0.2) is 23.5 Å². The molecule has 1 unspecified atom stereocenters. The number of piperidine rings is 2. The van der Waals surface area contributed by atoms with Gasteiger partial charge in [-0.15, -0.1) is 6.58 Å². The second-order valence-electron chi connectivity index (χ2n) is 4.85. The van der Waals surface area contributed by atoms with Crippen molar-refractivity contribution in [3.05, 3.63) is 12.7 Å². The molecule has 2 aliphatic rings. The first-order chi connectivity index (χ1) is 6.86. The van der Waals surface area contributed by atoms with E-state index in [1.54, 1.807) is 0 Å². The van der Waals surface area contributed by atoms with Crippen molar-refractivity contribution in [2.75, 3.05) is 6.54 Å². The third-order valence-electron chi connectivity index (χ3n) is 4.19. The highest BCUT2D eigenvalue weighted by molar-refractivity contribution is 4.98. The Morgan fingerprint density at radius 1 is 1.29 bits per heavy atom. The maximum Gasteiger partial charge on any atom is 0.0278 e. The van der Waals surface area contributed by atoms with Gasteiger partial charge in [0.1, 0.15) is 0 Å². The van der Waals surface area contributed by atoms with E-state index >= 15 is 0 Å². The van der Waals surface area contributed by atoms with E-state index in [0.29, 0.717) is 6.04 Å². The third-order valence-corrected chi connectivity index (χ3v) is 4.19. The van der Waals surface area contributed by atoms with E-state index in [1.165, 1.54) is 45.1 Å². The average molecular weight is 193 g/mol. The maximum absolute atomic E-state index is 3.98. The topological polar surface area (TPSA) is 3.24 Å². The fourth-order valence-corrected chi connectivity index (χ4v) is 3.37. The van der Waals surface area contributed by atoms with Crippen molar-refractivity contribution in [1.29, 1.82) is 0 Å². The summed E-state index contributed by atoms with van der Waals surface area (Å²) in [6, 6.07) is 1.56. The lowest BCUT2D eigenvalue weighted by atomic mass is 9.79. The number of rotatable bonds is 2. The molecule has 1 heteroatoms. The largest absolute Gasteiger partial charge is 0.294 e. The summed E-state index contributed by atoms with van der Waals surface area (Å²) in [5.74, 6) is 0.964. The van der Waals surface area contributed by atoms with Gasteiger partial charge in [-0.3, -0.25) is 4.90 Å². The van der Waals surface area contributed by atoms with Gasteiger partial charge in [0, 0.05) is 12.1 Å². The maximum atomic E-state index is 3.98. The van der Waals surface area contributed by atoms with E-state index in [-0.39, 0.29) is 0 Å². The van der Waals surface area contributed by atoms with Crippen molar-refractivity contribution in [3.63, 3.8) is 0 Å². The first-order valence-electron chi connectivity index (χ1n) is 6.25. The standard InChI is InChI=1S/C13H23N/c1-3-11-8-9-12(4-2)14-10-6-5-7-13(11)14/h4,11-13H,2-3,5-10H2,1H3/t11?,12-,13+/m1/s1. The zero-order valence-corrected chi connectivity index (χ0v) is 9.41. The molecule has 0 aromatic rings. The van der Waals surface area contributed by atoms with Gasteiger partial charge in [-0.2, -0.15) is 0 Å². The highest BCUT2D eigenvalue weighted by Crippen LogP contribution is 2.35. The normalized spacial score (nSPS) is 39.1. The molecule has 0 bridgehead atoms. The van der Waals surface area contributed by atoms with E-state index < -0.39 is 0 Å². The third kappa shape index (κ3) is 1.75. The summed E-state index contributed by atoms with van der Waals surface area (Å²) < 4.78 is 0. The number of hydrogen-bond acceptors (Lipinski definition) is 1. The van der Waals surface area contributed by atoms with Crippen LogP contribution in [0.5, 0.6) is 0 Å². The molecule has 0 spiro atoms. The van der Waals surface area contributed by atoms with Gasteiger partial charge in [0.25, 0.3) is 0 Å². The van der Waals surface area contributed by atoms with E-state index in [9.17, 15) is 0 Å². The molecule has 2 heterocycles. The Morgan fingerprint density at radius 2 is 2.14 bits per heavy atom. The Hall–Kier alpha value is -0.300. The second-order valence-corrected chi connectivity index (χ2v) is 4.85. The summed E-state index contributed by atoms with van der Waals surface area (Å²) in [5.41, 5.74) is 0. The summed E-state index contributed by atoms with van der Waals surface area (Å²) in [6.45, 7) is 7.65. The molecule has 0 aliphatic carbocycles. The molecule has 14 heavy (non-hydrogen) atoms. The van der Waals surface area contributed by atoms with E-state index in [2.05, 4.69) is 24.5 Å². The lowest BCUT2D eigenvalue weighted by Crippen LogP contribution is -2.52. The van der Waals surface area contributed by atoms with Crippen LogP contribution in [0.25, 0.3) is 0 Å². The molecule has 3 atom stereocenters. The number of hydrogen-bond donors (Lipinski definition) is 0. The smallest absolute Gasteiger partial charge is 0.0278 e. The van der Waals surface area contributed by atoms with Crippen LogP contribution in [0.4, 0.5) is 0 Å². The minimum absolute atomic E-state index is 0.683. The minimum Gasteiger partial charge on any atom is -0.294 e. The van der Waals surface area contributed by atoms with Crippen molar-refractivity contribution in [2.24, 2.45) is 5.92 Å². The molecule has 2 saturated heterocycles. The molecule has 0 amide bonds. The Balaban J connectivity index is 2.08. The zero-order chi connectivity index (χ0) is 9.97. The fourth-order valence-electron chi connectivity index (χ4n) is 3.37. The molecule has 0 radical (unpaired) electrons. The summed E-state index contributed by atoms with van der Waals surface area (Å²) in [4.78, 5) is 2.73. The SMILES string of the molecule is C=C[C@@H]1CCC(CC)[C@@H]2CCCCN12. The average Bonchev–Trinajstić information content (AvgIpc) is 2.27. The van der Waals surface area contributed by atoms with Crippen LogP contribution in [0, 0.1) is 5.92 Å². The van der Waals surface area contributed by atoms with Gasteiger partial charge >= 0.3 is 0 Å². The van der Waals surface area contributed by atoms with E-state index in [0.717, 1.165) is 12.0 Å². The van der Waals surface area contributed by atoms with Crippen LogP contribution in [0.2, 0.25) is 0 Å². The van der Waals surface area contributed by atoms with E-state index in [1.807, 2.05) is 0 Å². The number of nitrogens with zero attached hydrogens (tertiary/aromatic N) is 1. The van der Waals surface area contributed by atoms with Gasteiger partial charge in [-0.25, -0.2) is 0 Å². The monoisotopic (exact) mass is 193 g/mol. The van der Waals surface area contributed by atoms with Crippen molar-refractivity contribution in [1.82, 2.24) is 4.90 Å². The highest BCUT2D eigenvalue weighted by atomic mass is 15.2. The molecule has 2 rings (SSSR count). The summed E-state index contributed by atoms with van der Waals surface area (Å²) >= 11 is 0. The number of fused-ring (bicyclic) bond motifs is 1. The van der Waals surface area contributed by atoms with Crippen molar-refractivity contribution >= 4 is 0 Å². The molecule has 0 aromatic carbocycles. The summed E-state index contributed by atoms with van der Waals surface area (Å²) in [5, 5.41) is 0. The molecule has 80 valence electrons. The molecule has 2 aliphatic heterocycles. The Labute approximate surface area is 88.2 Å². The van der Waals surface area contributed by atoms with Gasteiger partial charge in [-0.1, -0.05) is 25.8 Å². The first kappa shape index (κ1) is 10.2. The predicted molar refractivity (Wildman–Crippen MR) is 61.3 cm³/mol. The van der Waals surface area contributed by atoms with Gasteiger partial charge < -0.3 is 0 Å². The Kier molecular flexibility index (Phi) is 3.27. The van der Waals surface area contributed by atoms with E-state index in [4.69, 9.17) is 0 Å². The molecule has 0 aromatic heterocycles. The molecule has 1 nitrogen and oxygen atoms in total. The van der Waals surface area contributed by atoms with Crippen molar-refractivity contribution < 1.29 is 0 Å². The van der Waals surface area contributed by atoms with Crippen LogP contribution in [0.3, 0.4) is 0 Å². The van der Waals surface area contributed by atoms with Crippen LogP contribution in [0.15, 0.2) is 12.7 Å². The molecule has 0 N–H and O–H groups in total. The quantitative estimate of drug-likeness (QED) is 0.609. The lowest BCUT2D eigenvalue weighted by Gasteiger charge is -2.48. The molecular formula is C13H23N. The lowest BCUT2D eigenvalue weighted by molar-refractivity contribution is 0.0291. The fraction of sp³-hybridized carbons (Fsp3) is 0.846. The second kappa shape index (κ2) is 4.48. The predicted octanol–water partition coefficient (Wildman–Crippen LogP) is 3.22. The van der Waals surface area contributed by atoms with Gasteiger partial charge in [0.15, 0.2) is 0 Å². The Bertz CT molecular complexity index is 199. The van der Waals surface area contributed by atoms with Crippen LogP contribution in [-0.2, 0) is 0 Å². The van der Waals surface area contributed by atoms with Gasteiger partial charge in [0.2, 0.25) is 0 Å². The van der Waals surface area contributed by atoms with Crippen LogP contribution >= 0.6 is 0 Å². The van der Waals surface area contributed by atoms with Crippen molar-refractivity contribution in [3.8, 4) is 0 Å².